The van der Waals surface area contributed by atoms with Gasteiger partial charge in [-0.05, 0) is 47.9 Å². The van der Waals surface area contributed by atoms with Gasteiger partial charge in [-0.1, -0.05) is 38.1 Å². The molecular formula is C26H23F2N3O3. The highest BCUT2D eigenvalue weighted by atomic mass is 19.1. The first kappa shape index (κ1) is 24.4. The van der Waals surface area contributed by atoms with Gasteiger partial charge in [0.1, 0.15) is 35.6 Å². The normalized spacial score (nSPS) is 11.4. The SMILES string of the molecule is CC(C)C(NC(=O)c1c(F)cccc1F)C(=O)Nc1cccc(OCc2cccc(C#N)c2)c1. The Morgan fingerprint density at radius 3 is 2.35 bits per heavy atom. The number of rotatable bonds is 8. The van der Waals surface area contributed by atoms with Crippen LogP contribution in [-0.4, -0.2) is 17.9 Å². The fraction of sp³-hybridized carbons (Fsp3) is 0.192. The molecule has 0 saturated carbocycles. The van der Waals surface area contributed by atoms with E-state index < -0.39 is 35.1 Å². The van der Waals surface area contributed by atoms with Gasteiger partial charge in [-0.3, -0.25) is 9.59 Å². The van der Waals surface area contributed by atoms with Crippen LogP contribution in [0.2, 0.25) is 0 Å². The Kier molecular flexibility index (Phi) is 7.93. The van der Waals surface area contributed by atoms with Crippen LogP contribution >= 0.6 is 0 Å². The number of nitrogens with zero attached hydrogens (tertiary/aromatic N) is 1. The van der Waals surface area contributed by atoms with Gasteiger partial charge in [-0.25, -0.2) is 8.78 Å². The molecule has 8 heteroatoms. The van der Waals surface area contributed by atoms with Crippen LogP contribution in [0.15, 0.2) is 66.7 Å². The summed E-state index contributed by atoms with van der Waals surface area (Å²) in [5, 5.41) is 14.1. The minimum absolute atomic E-state index is 0.228. The number of nitriles is 1. The molecule has 1 atom stereocenters. The van der Waals surface area contributed by atoms with E-state index in [-0.39, 0.29) is 12.5 Å². The van der Waals surface area contributed by atoms with E-state index >= 15 is 0 Å². The molecule has 0 aromatic heterocycles. The molecule has 0 bridgehead atoms. The van der Waals surface area contributed by atoms with Gasteiger partial charge < -0.3 is 15.4 Å². The summed E-state index contributed by atoms with van der Waals surface area (Å²) in [6.07, 6.45) is 0. The van der Waals surface area contributed by atoms with E-state index in [2.05, 4.69) is 16.7 Å². The van der Waals surface area contributed by atoms with Crippen molar-refractivity contribution < 1.29 is 23.1 Å². The Morgan fingerprint density at radius 1 is 1.00 bits per heavy atom. The molecule has 34 heavy (non-hydrogen) atoms. The number of carbonyl (C=O) groups is 2. The summed E-state index contributed by atoms with van der Waals surface area (Å²) in [7, 11) is 0. The molecule has 3 aromatic rings. The molecule has 3 aromatic carbocycles. The molecule has 0 heterocycles. The number of carbonyl (C=O) groups excluding carboxylic acids is 2. The van der Waals surface area contributed by atoms with Gasteiger partial charge in [-0.15, -0.1) is 0 Å². The Morgan fingerprint density at radius 2 is 1.68 bits per heavy atom. The van der Waals surface area contributed by atoms with E-state index in [9.17, 15) is 18.4 Å². The molecular weight excluding hydrogens is 440 g/mol. The van der Waals surface area contributed by atoms with Crippen molar-refractivity contribution in [3.63, 3.8) is 0 Å². The highest BCUT2D eigenvalue weighted by molar-refractivity contribution is 6.01. The van der Waals surface area contributed by atoms with E-state index in [4.69, 9.17) is 10.00 Å². The highest BCUT2D eigenvalue weighted by Gasteiger charge is 2.27. The molecule has 3 rings (SSSR count). The molecule has 0 spiro atoms. The molecule has 2 N–H and O–H groups in total. The van der Waals surface area contributed by atoms with Crippen molar-refractivity contribution in [2.45, 2.75) is 26.5 Å². The van der Waals surface area contributed by atoms with Crippen LogP contribution in [0.5, 0.6) is 5.75 Å². The van der Waals surface area contributed by atoms with Gasteiger partial charge in [0, 0.05) is 11.8 Å². The van der Waals surface area contributed by atoms with Crippen LogP contribution in [0.4, 0.5) is 14.5 Å². The molecule has 0 aliphatic carbocycles. The molecule has 1 unspecified atom stereocenters. The average molecular weight is 463 g/mol. The first-order valence-corrected chi connectivity index (χ1v) is 10.6. The second-order valence-electron chi connectivity index (χ2n) is 7.91. The van der Waals surface area contributed by atoms with Crippen molar-refractivity contribution in [1.82, 2.24) is 5.32 Å². The molecule has 6 nitrogen and oxygen atoms in total. The molecule has 174 valence electrons. The Bertz CT molecular complexity index is 1220. The maximum absolute atomic E-state index is 14.0. The number of hydrogen-bond donors (Lipinski definition) is 2. The number of nitrogens with one attached hydrogen (secondary N) is 2. The van der Waals surface area contributed by atoms with Gasteiger partial charge >= 0.3 is 0 Å². The smallest absolute Gasteiger partial charge is 0.257 e. The number of benzene rings is 3. The first-order chi connectivity index (χ1) is 16.3. The third-order valence-electron chi connectivity index (χ3n) is 4.99. The largest absolute Gasteiger partial charge is 0.489 e. The number of hydrogen-bond acceptors (Lipinski definition) is 4. The quantitative estimate of drug-likeness (QED) is 0.502. The van der Waals surface area contributed by atoms with Gasteiger partial charge in [0.15, 0.2) is 0 Å². The summed E-state index contributed by atoms with van der Waals surface area (Å²) in [6, 6.07) is 17.8. The summed E-state index contributed by atoms with van der Waals surface area (Å²) in [6.45, 7) is 3.64. The van der Waals surface area contributed by atoms with Crippen molar-refractivity contribution in [3.05, 3.63) is 95.1 Å². The van der Waals surface area contributed by atoms with Gasteiger partial charge in [0.25, 0.3) is 5.91 Å². The molecule has 2 amide bonds. The fourth-order valence-electron chi connectivity index (χ4n) is 3.24. The van der Waals surface area contributed by atoms with Crippen LogP contribution in [0.1, 0.15) is 35.3 Å². The maximum atomic E-state index is 14.0. The summed E-state index contributed by atoms with van der Waals surface area (Å²) < 4.78 is 33.7. The zero-order valence-electron chi connectivity index (χ0n) is 18.6. The van der Waals surface area contributed by atoms with Crippen LogP contribution in [0.25, 0.3) is 0 Å². The van der Waals surface area contributed by atoms with Crippen LogP contribution in [-0.2, 0) is 11.4 Å². The molecule has 0 saturated heterocycles. The first-order valence-electron chi connectivity index (χ1n) is 10.6. The average Bonchev–Trinajstić information content (AvgIpc) is 2.81. The lowest BCUT2D eigenvalue weighted by molar-refractivity contribution is -0.118. The van der Waals surface area contributed by atoms with Crippen LogP contribution in [0, 0.1) is 28.9 Å². The van der Waals surface area contributed by atoms with Gasteiger partial charge in [-0.2, -0.15) is 5.26 Å². The number of amides is 2. The lowest BCUT2D eigenvalue weighted by Crippen LogP contribution is -2.47. The lowest BCUT2D eigenvalue weighted by atomic mass is 10.0. The minimum Gasteiger partial charge on any atom is -0.489 e. The van der Waals surface area contributed by atoms with Crippen molar-refractivity contribution >= 4 is 17.5 Å². The molecule has 0 aliphatic heterocycles. The minimum atomic E-state index is -1.04. The van der Waals surface area contributed by atoms with Crippen LogP contribution < -0.4 is 15.4 Å². The van der Waals surface area contributed by atoms with E-state index in [1.165, 1.54) is 0 Å². The monoisotopic (exact) mass is 463 g/mol. The van der Waals surface area contributed by atoms with Crippen LogP contribution in [0.3, 0.4) is 0 Å². The zero-order valence-corrected chi connectivity index (χ0v) is 18.6. The molecule has 0 aliphatic rings. The Balaban J connectivity index is 1.68. The second kappa shape index (κ2) is 11.1. The number of anilines is 1. The van der Waals surface area contributed by atoms with Crippen molar-refractivity contribution in [2.75, 3.05) is 5.32 Å². The third kappa shape index (κ3) is 6.17. The molecule has 0 radical (unpaired) electrons. The maximum Gasteiger partial charge on any atom is 0.257 e. The van der Waals surface area contributed by atoms with Crippen molar-refractivity contribution in [2.24, 2.45) is 5.92 Å². The van der Waals surface area contributed by atoms with Gasteiger partial charge in [0.2, 0.25) is 5.91 Å². The van der Waals surface area contributed by atoms with E-state index in [1.807, 2.05) is 6.07 Å². The predicted molar refractivity (Wildman–Crippen MR) is 123 cm³/mol. The van der Waals surface area contributed by atoms with Gasteiger partial charge in [0.05, 0.1) is 11.6 Å². The topological polar surface area (TPSA) is 91.2 Å². The highest BCUT2D eigenvalue weighted by Crippen LogP contribution is 2.20. The van der Waals surface area contributed by atoms with E-state index in [0.29, 0.717) is 17.0 Å². The van der Waals surface area contributed by atoms with Crippen molar-refractivity contribution in [3.8, 4) is 11.8 Å². The Hall–Kier alpha value is -4.25. The third-order valence-corrected chi connectivity index (χ3v) is 4.99. The lowest BCUT2D eigenvalue weighted by Gasteiger charge is -2.22. The fourth-order valence-corrected chi connectivity index (χ4v) is 3.24. The summed E-state index contributed by atoms with van der Waals surface area (Å²) >= 11 is 0. The molecule has 0 fully saturated rings. The van der Waals surface area contributed by atoms with E-state index in [0.717, 1.165) is 23.8 Å². The van der Waals surface area contributed by atoms with Crippen molar-refractivity contribution in [1.29, 1.82) is 5.26 Å². The van der Waals surface area contributed by atoms with E-state index in [1.54, 1.807) is 56.3 Å². The summed E-state index contributed by atoms with van der Waals surface area (Å²) in [5.74, 6) is -3.44. The second-order valence-corrected chi connectivity index (χ2v) is 7.91. The zero-order chi connectivity index (χ0) is 24.7. The predicted octanol–water partition coefficient (Wildman–Crippen LogP) is 4.81. The standard InChI is InChI=1S/C26H23F2N3O3/c1-16(2)24(31-25(32)23-21(27)10-5-11-22(23)28)26(33)30-19-8-4-9-20(13-19)34-15-18-7-3-6-17(12-18)14-29/h3-13,16,24H,15H2,1-2H3,(H,30,33)(H,31,32). The Labute approximate surface area is 196 Å². The number of ether oxygens (including phenoxy) is 1. The summed E-state index contributed by atoms with van der Waals surface area (Å²) in [5.41, 5.74) is 1.03. The summed E-state index contributed by atoms with van der Waals surface area (Å²) in [4.78, 5) is 25.3. The number of halogens is 2.